The van der Waals surface area contributed by atoms with Gasteiger partial charge in [-0.05, 0) is 29.3 Å². The van der Waals surface area contributed by atoms with Gasteiger partial charge in [0.1, 0.15) is 12.4 Å². The Labute approximate surface area is 156 Å². The molecule has 7 nitrogen and oxygen atoms in total. The molecule has 2 amide bonds. The molecular formula is C20H19N3O4. The number of nitrogens with zero attached hydrogens (tertiary/aromatic N) is 1. The van der Waals surface area contributed by atoms with Crippen LogP contribution in [-0.2, 0) is 14.3 Å². The zero-order valence-electron chi connectivity index (χ0n) is 15.0. The first-order chi connectivity index (χ1) is 13.0. The standard InChI is InChI=1S/C20H19N3O4/c1-26-11-20(25)23-17-7-15-14(13-5-3-4-12(6-13)10-21)8-19(24)22-16(15)9-18(17)27-2/h3-7,9,14H,8,11H2,1-2H3,(H,22,24)(H,23,25). The molecule has 1 aliphatic rings. The zero-order valence-corrected chi connectivity index (χ0v) is 15.0. The van der Waals surface area contributed by atoms with Crippen molar-refractivity contribution in [2.45, 2.75) is 12.3 Å². The maximum Gasteiger partial charge on any atom is 0.250 e. The first kappa shape index (κ1) is 18.4. The van der Waals surface area contributed by atoms with Crippen molar-refractivity contribution >= 4 is 23.2 Å². The molecule has 3 rings (SSSR count). The smallest absolute Gasteiger partial charge is 0.250 e. The molecule has 0 saturated heterocycles. The van der Waals surface area contributed by atoms with Crippen LogP contribution in [0.3, 0.4) is 0 Å². The second kappa shape index (κ2) is 7.89. The maximum absolute atomic E-state index is 12.2. The molecule has 0 radical (unpaired) electrons. The van der Waals surface area contributed by atoms with Crippen LogP contribution in [0.15, 0.2) is 36.4 Å². The molecule has 1 heterocycles. The van der Waals surface area contributed by atoms with E-state index in [2.05, 4.69) is 16.7 Å². The summed E-state index contributed by atoms with van der Waals surface area (Å²) >= 11 is 0. The summed E-state index contributed by atoms with van der Waals surface area (Å²) in [5, 5.41) is 14.8. The van der Waals surface area contributed by atoms with Crippen molar-refractivity contribution in [3.8, 4) is 11.8 Å². The van der Waals surface area contributed by atoms with Crippen LogP contribution in [0.1, 0.15) is 29.0 Å². The second-order valence-corrected chi connectivity index (χ2v) is 6.16. The lowest BCUT2D eigenvalue weighted by Crippen LogP contribution is -2.24. The fourth-order valence-electron chi connectivity index (χ4n) is 3.20. The first-order valence-corrected chi connectivity index (χ1v) is 8.36. The van der Waals surface area contributed by atoms with Gasteiger partial charge in [0.25, 0.3) is 0 Å². The van der Waals surface area contributed by atoms with Crippen LogP contribution in [0.25, 0.3) is 0 Å². The van der Waals surface area contributed by atoms with E-state index in [4.69, 9.17) is 14.7 Å². The van der Waals surface area contributed by atoms with Crippen LogP contribution in [-0.4, -0.2) is 32.6 Å². The van der Waals surface area contributed by atoms with Crippen LogP contribution in [0.4, 0.5) is 11.4 Å². The van der Waals surface area contributed by atoms with Crippen LogP contribution in [0, 0.1) is 11.3 Å². The number of nitriles is 1. The summed E-state index contributed by atoms with van der Waals surface area (Å²) in [6.45, 7) is -0.0788. The summed E-state index contributed by atoms with van der Waals surface area (Å²) in [4.78, 5) is 24.1. The lowest BCUT2D eigenvalue weighted by atomic mass is 9.84. The van der Waals surface area contributed by atoms with Gasteiger partial charge in [-0.15, -0.1) is 0 Å². The fraction of sp³-hybridized carbons (Fsp3) is 0.250. The van der Waals surface area contributed by atoms with E-state index in [0.717, 1.165) is 11.1 Å². The van der Waals surface area contributed by atoms with Gasteiger partial charge in [-0.25, -0.2) is 0 Å². The Morgan fingerprint density at radius 3 is 2.85 bits per heavy atom. The van der Waals surface area contributed by atoms with E-state index >= 15 is 0 Å². The molecule has 0 bridgehead atoms. The molecule has 2 aromatic carbocycles. The minimum absolute atomic E-state index is 0.0788. The highest BCUT2D eigenvalue weighted by Crippen LogP contribution is 2.42. The van der Waals surface area contributed by atoms with Crippen molar-refractivity contribution in [2.75, 3.05) is 31.5 Å². The van der Waals surface area contributed by atoms with Crippen LogP contribution in [0.5, 0.6) is 5.75 Å². The number of carbonyl (C=O) groups excluding carboxylic acids is 2. The van der Waals surface area contributed by atoms with E-state index < -0.39 is 0 Å². The van der Waals surface area contributed by atoms with E-state index in [-0.39, 0.29) is 30.8 Å². The number of anilines is 2. The van der Waals surface area contributed by atoms with E-state index in [1.54, 1.807) is 30.3 Å². The summed E-state index contributed by atoms with van der Waals surface area (Å²) in [6.07, 6.45) is 0.250. The first-order valence-electron chi connectivity index (χ1n) is 8.36. The van der Waals surface area contributed by atoms with Gasteiger partial charge in [-0.3, -0.25) is 9.59 Å². The molecule has 0 aliphatic carbocycles. The molecule has 1 atom stereocenters. The van der Waals surface area contributed by atoms with Crippen molar-refractivity contribution in [1.29, 1.82) is 5.26 Å². The highest BCUT2D eigenvalue weighted by Gasteiger charge is 2.28. The average molecular weight is 365 g/mol. The normalized spacial score (nSPS) is 15.3. The van der Waals surface area contributed by atoms with Crippen LogP contribution in [0.2, 0.25) is 0 Å². The third-order valence-electron chi connectivity index (χ3n) is 4.38. The Morgan fingerprint density at radius 1 is 1.33 bits per heavy atom. The van der Waals surface area contributed by atoms with E-state index in [1.165, 1.54) is 14.2 Å². The van der Waals surface area contributed by atoms with Gasteiger partial charge in [0.15, 0.2) is 0 Å². The van der Waals surface area contributed by atoms with Crippen molar-refractivity contribution < 1.29 is 19.1 Å². The topological polar surface area (TPSA) is 100 Å². The fourth-order valence-corrected chi connectivity index (χ4v) is 3.20. The van der Waals surface area contributed by atoms with Crippen LogP contribution < -0.4 is 15.4 Å². The molecule has 0 fully saturated rings. The molecule has 1 aliphatic heterocycles. The lowest BCUT2D eigenvalue weighted by Gasteiger charge is -2.27. The Kier molecular flexibility index (Phi) is 5.38. The van der Waals surface area contributed by atoms with Crippen molar-refractivity contribution in [2.24, 2.45) is 0 Å². The lowest BCUT2D eigenvalue weighted by molar-refractivity contribution is -0.119. The van der Waals surface area contributed by atoms with Gasteiger partial charge >= 0.3 is 0 Å². The Morgan fingerprint density at radius 2 is 2.15 bits per heavy atom. The Bertz CT molecular complexity index is 933. The number of amides is 2. The molecule has 0 aromatic heterocycles. The average Bonchev–Trinajstić information content (AvgIpc) is 2.67. The number of nitrogens with one attached hydrogen (secondary N) is 2. The number of hydrogen-bond donors (Lipinski definition) is 2. The third kappa shape index (κ3) is 3.91. The van der Waals surface area contributed by atoms with Crippen molar-refractivity contribution in [1.82, 2.24) is 0 Å². The molecule has 0 saturated carbocycles. The second-order valence-electron chi connectivity index (χ2n) is 6.16. The number of rotatable bonds is 5. The number of methoxy groups -OCH3 is 2. The highest BCUT2D eigenvalue weighted by atomic mass is 16.5. The molecule has 138 valence electrons. The maximum atomic E-state index is 12.2. The van der Waals surface area contributed by atoms with E-state index in [9.17, 15) is 9.59 Å². The predicted octanol–water partition coefficient (Wildman–Crippen LogP) is 2.63. The quantitative estimate of drug-likeness (QED) is 0.848. The van der Waals surface area contributed by atoms with Crippen molar-refractivity contribution in [3.05, 3.63) is 53.1 Å². The monoisotopic (exact) mass is 365 g/mol. The Balaban J connectivity index is 2.07. The number of ether oxygens (including phenoxy) is 2. The van der Waals surface area contributed by atoms with E-state index in [1.807, 2.05) is 6.07 Å². The summed E-state index contributed by atoms with van der Waals surface area (Å²) < 4.78 is 10.2. The van der Waals surface area contributed by atoms with Gasteiger partial charge in [0, 0.05) is 31.2 Å². The zero-order chi connectivity index (χ0) is 19.4. The molecule has 0 spiro atoms. The molecular weight excluding hydrogens is 346 g/mol. The highest BCUT2D eigenvalue weighted by molar-refractivity contribution is 5.98. The number of carbonyl (C=O) groups is 2. The molecule has 7 heteroatoms. The molecule has 27 heavy (non-hydrogen) atoms. The molecule has 2 N–H and O–H groups in total. The van der Waals surface area contributed by atoms with Gasteiger partial charge in [-0.2, -0.15) is 5.26 Å². The summed E-state index contributed by atoms with van der Waals surface area (Å²) in [5.74, 6) is -0.220. The minimum atomic E-state index is -0.307. The van der Waals surface area contributed by atoms with E-state index in [0.29, 0.717) is 22.7 Å². The SMILES string of the molecule is COCC(=O)Nc1cc2c(cc1OC)NC(=O)CC2c1cccc(C#N)c1. The predicted molar refractivity (Wildman–Crippen MR) is 99.7 cm³/mol. The van der Waals surface area contributed by atoms with Crippen molar-refractivity contribution in [3.63, 3.8) is 0 Å². The minimum Gasteiger partial charge on any atom is -0.494 e. The van der Waals surface area contributed by atoms with Crippen LogP contribution >= 0.6 is 0 Å². The van der Waals surface area contributed by atoms with Gasteiger partial charge in [-0.1, -0.05) is 12.1 Å². The van der Waals surface area contributed by atoms with Gasteiger partial charge < -0.3 is 20.1 Å². The van der Waals surface area contributed by atoms with Gasteiger partial charge in [0.2, 0.25) is 11.8 Å². The largest absolute Gasteiger partial charge is 0.494 e. The molecule has 1 unspecified atom stereocenters. The Hall–Kier alpha value is -3.37. The number of benzene rings is 2. The molecule has 2 aromatic rings. The summed E-state index contributed by atoms with van der Waals surface area (Å²) in [7, 11) is 2.93. The third-order valence-corrected chi connectivity index (χ3v) is 4.38. The number of fused-ring (bicyclic) bond motifs is 1. The number of hydrogen-bond acceptors (Lipinski definition) is 5. The summed E-state index contributed by atoms with van der Waals surface area (Å²) in [5.41, 5.74) is 3.36. The summed E-state index contributed by atoms with van der Waals surface area (Å²) in [6, 6.07) is 12.8. The van der Waals surface area contributed by atoms with Gasteiger partial charge in [0.05, 0.1) is 24.4 Å².